The fourth-order valence-electron chi connectivity index (χ4n) is 6.27. The van der Waals surface area contributed by atoms with Gasteiger partial charge in [0.1, 0.15) is 42.2 Å². The summed E-state index contributed by atoms with van der Waals surface area (Å²) < 4.78 is 23.6. The molecule has 4 aliphatic rings. The van der Waals surface area contributed by atoms with Crippen LogP contribution in [0.3, 0.4) is 0 Å². The van der Waals surface area contributed by atoms with Crippen molar-refractivity contribution in [3.05, 3.63) is 0 Å². The van der Waals surface area contributed by atoms with Crippen LogP contribution in [0.5, 0.6) is 0 Å². The maximum Gasteiger partial charge on any atom is 0.252 e. The van der Waals surface area contributed by atoms with Gasteiger partial charge in [0, 0.05) is 44.1 Å². The largest absolute Gasteiger partial charge is 0.395 e. The average molecular weight is 654 g/mol. The summed E-state index contributed by atoms with van der Waals surface area (Å²) in [5.41, 5.74) is 28.4. The number of aliphatic hydroxyl groups is 7. The highest BCUT2D eigenvalue weighted by Gasteiger charge is 2.53. The van der Waals surface area contributed by atoms with Gasteiger partial charge in [-0.2, -0.15) is 0 Å². The molecule has 1 unspecified atom stereocenters. The van der Waals surface area contributed by atoms with Gasteiger partial charge < -0.3 is 94.0 Å². The smallest absolute Gasteiger partial charge is 0.252 e. The van der Waals surface area contributed by atoms with Gasteiger partial charge in [0.2, 0.25) is 0 Å². The number of carbonyl (C=O) groups is 1. The van der Waals surface area contributed by atoms with Crippen LogP contribution in [-0.4, -0.2) is 171 Å². The van der Waals surface area contributed by atoms with Crippen LogP contribution in [0.25, 0.3) is 0 Å². The second-order valence-electron chi connectivity index (χ2n) is 12.8. The molecule has 0 spiro atoms. The summed E-state index contributed by atoms with van der Waals surface area (Å²) >= 11 is 0. The molecule has 0 radical (unpaired) electrons. The minimum Gasteiger partial charge on any atom is -0.395 e. The fourth-order valence-corrected chi connectivity index (χ4v) is 6.27. The number of nitrogens with one attached hydrogen (secondary N) is 2. The Morgan fingerprint density at radius 1 is 0.889 bits per heavy atom. The van der Waals surface area contributed by atoms with Crippen molar-refractivity contribution < 1.29 is 59.5 Å². The molecule has 0 aromatic heterocycles. The monoisotopic (exact) mass is 653 g/mol. The van der Waals surface area contributed by atoms with E-state index in [0.717, 1.165) is 0 Å². The normalized spacial score (nSPS) is 48.0. The molecule has 45 heavy (non-hydrogen) atoms. The molecule has 0 aromatic carbocycles. The van der Waals surface area contributed by atoms with Crippen LogP contribution in [-0.2, 0) is 23.7 Å². The number of nitrogens with two attached hydrogens (primary N) is 5. The maximum atomic E-state index is 13.0. The van der Waals surface area contributed by atoms with Crippen LogP contribution in [0.1, 0.15) is 25.7 Å². The maximum absolute atomic E-state index is 13.0. The lowest BCUT2D eigenvalue weighted by Gasteiger charge is -2.49. The summed E-state index contributed by atoms with van der Waals surface area (Å²) in [4.78, 5) is 13.0. The Bertz CT molecular complexity index is 967. The van der Waals surface area contributed by atoms with E-state index in [4.69, 9.17) is 52.7 Å². The molecule has 19 heteroatoms. The first-order valence-corrected chi connectivity index (χ1v) is 15.3. The van der Waals surface area contributed by atoms with Gasteiger partial charge >= 0.3 is 0 Å². The van der Waals surface area contributed by atoms with Gasteiger partial charge in [-0.25, -0.2) is 0 Å². The summed E-state index contributed by atoms with van der Waals surface area (Å²) in [6.45, 7) is -0.471. The zero-order valence-corrected chi connectivity index (χ0v) is 25.0. The number of ether oxygens (including phenoxy) is 4. The fraction of sp³-hybridized carbons (Fsp3) is 0.962. The van der Waals surface area contributed by atoms with E-state index in [-0.39, 0.29) is 51.4 Å². The molecule has 1 amide bonds. The van der Waals surface area contributed by atoms with E-state index in [0.29, 0.717) is 0 Å². The Hall–Kier alpha value is -1.21. The molecular formula is C26H51N7O12. The van der Waals surface area contributed by atoms with Crippen LogP contribution in [0.4, 0.5) is 0 Å². The average Bonchev–Trinajstić information content (AvgIpc) is 2.97. The molecule has 262 valence electrons. The quantitative estimate of drug-likeness (QED) is 0.0929. The van der Waals surface area contributed by atoms with E-state index < -0.39 is 110 Å². The summed E-state index contributed by atoms with van der Waals surface area (Å²) in [6.07, 6.45) is -12.8. The predicted molar refractivity (Wildman–Crippen MR) is 153 cm³/mol. The van der Waals surface area contributed by atoms with Crippen LogP contribution in [0.2, 0.25) is 0 Å². The first-order chi connectivity index (χ1) is 21.2. The second kappa shape index (κ2) is 15.3. The van der Waals surface area contributed by atoms with Crippen molar-refractivity contribution in [1.29, 1.82) is 0 Å². The van der Waals surface area contributed by atoms with Gasteiger partial charge in [0.15, 0.2) is 12.6 Å². The Labute approximate surface area is 260 Å². The molecule has 19 nitrogen and oxygen atoms in total. The van der Waals surface area contributed by atoms with Gasteiger partial charge in [0.25, 0.3) is 5.91 Å². The molecule has 2 saturated carbocycles. The van der Waals surface area contributed by atoms with Crippen molar-refractivity contribution in [2.24, 2.45) is 28.7 Å². The standard InChI is InChI=1S/C26H51N7O12/c27-9-3-26(41,4-9)25(40)33-13-1-11(29)21(20(39)22(13)45-24-19(38)17(31)18(37)16(8-35)43-24)44-23-12(30)2-14(36)15(42-23)6-32-5-10(28)7-34/h9-24,32,34-39,41H,1-8,27-31H2,(H,33,40)/t9?,10?,11-,12+,13+,14-,15+,16+,17-,18+,19+,20-,21+,22-,23+,24+,26?/m0/s1. The van der Waals surface area contributed by atoms with E-state index in [1.165, 1.54) is 0 Å². The lowest BCUT2D eigenvalue weighted by atomic mass is 9.75. The van der Waals surface area contributed by atoms with Crippen molar-refractivity contribution in [3.8, 4) is 0 Å². The zero-order valence-electron chi connectivity index (χ0n) is 25.0. The molecule has 4 rings (SSSR count). The molecule has 2 saturated heterocycles. The topological polar surface area (TPSA) is 350 Å². The van der Waals surface area contributed by atoms with Crippen molar-refractivity contribution in [2.45, 2.75) is 129 Å². The Balaban J connectivity index is 1.50. The van der Waals surface area contributed by atoms with Crippen LogP contribution in [0, 0.1) is 0 Å². The minimum absolute atomic E-state index is 0.0253. The number of hydrogen-bond acceptors (Lipinski definition) is 18. The van der Waals surface area contributed by atoms with Crippen molar-refractivity contribution in [1.82, 2.24) is 10.6 Å². The van der Waals surface area contributed by atoms with Crippen molar-refractivity contribution in [3.63, 3.8) is 0 Å². The van der Waals surface area contributed by atoms with Gasteiger partial charge in [0.05, 0.1) is 43.5 Å². The Morgan fingerprint density at radius 3 is 2.16 bits per heavy atom. The van der Waals surface area contributed by atoms with Gasteiger partial charge in [-0.05, 0) is 12.8 Å². The first kappa shape index (κ1) is 36.6. The van der Waals surface area contributed by atoms with Crippen LogP contribution < -0.4 is 39.3 Å². The number of aliphatic hydroxyl groups excluding tert-OH is 6. The van der Waals surface area contributed by atoms with E-state index in [2.05, 4.69) is 10.6 Å². The molecule has 15 atom stereocenters. The zero-order chi connectivity index (χ0) is 33.2. The molecule has 2 aliphatic carbocycles. The lowest BCUT2D eigenvalue weighted by molar-refractivity contribution is -0.316. The molecular weight excluding hydrogens is 602 g/mol. The lowest BCUT2D eigenvalue weighted by Crippen LogP contribution is -2.70. The molecule has 4 fully saturated rings. The number of amides is 1. The highest BCUT2D eigenvalue weighted by atomic mass is 16.7. The van der Waals surface area contributed by atoms with Gasteiger partial charge in [-0.1, -0.05) is 0 Å². The first-order valence-electron chi connectivity index (χ1n) is 15.3. The predicted octanol–water partition coefficient (Wildman–Crippen LogP) is -8.34. The van der Waals surface area contributed by atoms with E-state index >= 15 is 0 Å². The summed E-state index contributed by atoms with van der Waals surface area (Å²) in [7, 11) is 0. The molecule has 0 aromatic rings. The van der Waals surface area contributed by atoms with Crippen molar-refractivity contribution >= 4 is 5.91 Å². The van der Waals surface area contributed by atoms with Gasteiger partial charge in [-0.3, -0.25) is 4.79 Å². The third kappa shape index (κ3) is 8.27. The molecule has 0 bridgehead atoms. The second-order valence-corrected chi connectivity index (χ2v) is 12.8. The van der Waals surface area contributed by atoms with E-state index in [1.54, 1.807) is 0 Å². The van der Waals surface area contributed by atoms with E-state index in [1.807, 2.05) is 0 Å². The third-order valence-electron chi connectivity index (χ3n) is 9.06. The SMILES string of the molecule is NC(CO)CNC[C@H]1O[C@H](O[C@H]2[C@H](O)[C@@H](O[C@H]3O[C@H](CO)[C@@H](O)[C@H](N)[C@H]3O)[C@H](NC(=O)C3(O)CC(N)C3)C[C@@H]2N)[C@H](N)C[C@@H]1O. The summed E-state index contributed by atoms with van der Waals surface area (Å²) in [5.74, 6) is -0.755. The summed E-state index contributed by atoms with van der Waals surface area (Å²) in [6, 6.07) is -4.94. The number of carbonyl (C=O) groups excluding carboxylic acids is 1. The highest BCUT2D eigenvalue weighted by Crippen LogP contribution is 2.34. The van der Waals surface area contributed by atoms with Gasteiger partial charge in [-0.15, -0.1) is 0 Å². The number of hydrogen-bond donors (Lipinski definition) is 14. The Kier molecular flexibility index (Phi) is 12.5. The number of rotatable bonds is 12. The Morgan fingerprint density at radius 2 is 1.53 bits per heavy atom. The molecule has 19 N–H and O–H groups in total. The minimum atomic E-state index is -1.73. The van der Waals surface area contributed by atoms with Crippen LogP contribution >= 0.6 is 0 Å². The molecule has 2 aliphatic heterocycles. The third-order valence-corrected chi connectivity index (χ3v) is 9.06. The molecule has 2 heterocycles. The van der Waals surface area contributed by atoms with Crippen LogP contribution in [0.15, 0.2) is 0 Å². The summed E-state index contributed by atoms with van der Waals surface area (Å²) in [5, 5.41) is 78.2. The van der Waals surface area contributed by atoms with E-state index in [9.17, 15) is 35.4 Å². The van der Waals surface area contributed by atoms with Crippen molar-refractivity contribution in [2.75, 3.05) is 26.3 Å². The highest BCUT2D eigenvalue weighted by molar-refractivity contribution is 5.86.